The van der Waals surface area contributed by atoms with Crippen LogP contribution in [0, 0.1) is 0 Å². The molecule has 2 atom stereocenters. The summed E-state index contributed by atoms with van der Waals surface area (Å²) in [5, 5.41) is 18.0. The van der Waals surface area contributed by atoms with E-state index in [4.69, 9.17) is 26.2 Å². The number of fused-ring (bicyclic) bond motifs is 3. The highest BCUT2D eigenvalue weighted by Gasteiger charge is 2.42. The third-order valence-electron chi connectivity index (χ3n) is 5.43. The van der Waals surface area contributed by atoms with Crippen molar-refractivity contribution < 1.29 is 14.6 Å². The number of phenols is 1. The Morgan fingerprint density at radius 3 is 2.67 bits per heavy atom. The largest absolute Gasteiger partial charge is 0.507 e. The maximum absolute atomic E-state index is 10.5. The van der Waals surface area contributed by atoms with Crippen LogP contribution in [0.25, 0.3) is 0 Å². The van der Waals surface area contributed by atoms with Crippen molar-refractivity contribution in [1.82, 2.24) is 5.01 Å². The van der Waals surface area contributed by atoms with Crippen molar-refractivity contribution in [3.63, 3.8) is 0 Å². The van der Waals surface area contributed by atoms with Crippen LogP contribution >= 0.6 is 27.5 Å². The highest BCUT2D eigenvalue weighted by molar-refractivity contribution is 9.10. The summed E-state index contributed by atoms with van der Waals surface area (Å²) in [6.07, 6.45) is 0.144. The topological polar surface area (TPSA) is 54.3 Å². The lowest BCUT2D eigenvalue weighted by Crippen LogP contribution is -2.33. The highest BCUT2D eigenvalue weighted by Crippen LogP contribution is 2.49. The van der Waals surface area contributed by atoms with Crippen LogP contribution in [-0.2, 0) is 0 Å². The van der Waals surface area contributed by atoms with Gasteiger partial charge in [-0.05, 0) is 66.2 Å². The van der Waals surface area contributed by atoms with E-state index in [2.05, 4.69) is 15.9 Å². The van der Waals surface area contributed by atoms with Gasteiger partial charge in [-0.1, -0.05) is 27.5 Å². The Balaban J connectivity index is 1.61. The lowest BCUT2D eigenvalue weighted by molar-refractivity contribution is -0.0203. The molecule has 0 unspecified atom stereocenters. The Morgan fingerprint density at radius 2 is 1.90 bits per heavy atom. The van der Waals surface area contributed by atoms with Crippen LogP contribution in [0.15, 0.2) is 70.2 Å². The maximum Gasteiger partial charge on any atom is 0.217 e. The molecule has 30 heavy (non-hydrogen) atoms. The van der Waals surface area contributed by atoms with E-state index in [-0.39, 0.29) is 11.8 Å². The van der Waals surface area contributed by atoms with Gasteiger partial charge in [-0.25, -0.2) is 5.01 Å². The van der Waals surface area contributed by atoms with E-state index in [0.29, 0.717) is 17.0 Å². The second-order valence-electron chi connectivity index (χ2n) is 7.23. The second kappa shape index (κ2) is 7.52. The number of hydrogen-bond donors (Lipinski definition) is 1. The van der Waals surface area contributed by atoms with Crippen LogP contribution in [0.4, 0.5) is 0 Å². The Hall–Kier alpha value is -2.70. The molecule has 2 aliphatic heterocycles. The summed E-state index contributed by atoms with van der Waals surface area (Å²) >= 11 is 9.77. The predicted octanol–water partition coefficient (Wildman–Crippen LogP) is 6.06. The Kier molecular flexibility index (Phi) is 4.83. The summed E-state index contributed by atoms with van der Waals surface area (Å²) in [5.41, 5.74) is 3.60. The van der Waals surface area contributed by atoms with Gasteiger partial charge in [-0.2, -0.15) is 5.10 Å². The standard InChI is InChI=1S/C23H18BrClN2O3/c1-29-16-6-2-13(3-7-16)19-12-20-17-11-15(25)5-9-22(17)30-23(27(20)26-19)18-10-14(24)4-8-21(18)28/h2-11,20,23,28H,12H2,1H3/t20-,23-/m1/s1. The summed E-state index contributed by atoms with van der Waals surface area (Å²) in [6.45, 7) is 0. The number of ether oxygens (including phenoxy) is 2. The maximum atomic E-state index is 10.5. The number of nitrogens with zero attached hydrogens (tertiary/aromatic N) is 2. The quantitative estimate of drug-likeness (QED) is 0.490. The summed E-state index contributed by atoms with van der Waals surface area (Å²) in [6, 6.07) is 18.7. The van der Waals surface area contributed by atoms with Crippen molar-refractivity contribution in [3.05, 3.63) is 86.8 Å². The normalized spacial score (nSPS) is 19.6. The lowest BCUT2D eigenvalue weighted by atomic mass is 9.96. The molecule has 0 saturated heterocycles. The lowest BCUT2D eigenvalue weighted by Gasteiger charge is -2.38. The highest BCUT2D eigenvalue weighted by atomic mass is 79.9. The molecule has 1 N–H and O–H groups in total. The first-order valence-electron chi connectivity index (χ1n) is 9.48. The SMILES string of the molecule is COc1ccc(C2=NN3[C@H](C2)c2cc(Cl)ccc2O[C@@H]3c2cc(Br)ccc2O)cc1. The summed E-state index contributed by atoms with van der Waals surface area (Å²) in [4.78, 5) is 0. The number of halogens is 2. The molecular formula is C23H18BrClN2O3. The minimum atomic E-state index is -0.558. The molecule has 0 saturated carbocycles. The zero-order chi connectivity index (χ0) is 20.8. The van der Waals surface area contributed by atoms with E-state index in [1.54, 1.807) is 19.2 Å². The minimum Gasteiger partial charge on any atom is -0.507 e. The van der Waals surface area contributed by atoms with Crippen LogP contribution in [-0.4, -0.2) is 22.9 Å². The minimum absolute atomic E-state index is 0.0482. The summed E-state index contributed by atoms with van der Waals surface area (Å²) in [5.74, 6) is 1.70. The molecule has 5 rings (SSSR count). The van der Waals surface area contributed by atoms with E-state index < -0.39 is 6.23 Å². The fourth-order valence-electron chi connectivity index (χ4n) is 3.94. The number of phenolic OH excluding ortho intramolecular Hbond substituents is 1. The molecular weight excluding hydrogens is 468 g/mol. The van der Waals surface area contributed by atoms with Gasteiger partial charge in [0.2, 0.25) is 6.23 Å². The Morgan fingerprint density at radius 1 is 1.10 bits per heavy atom. The number of hydrogen-bond acceptors (Lipinski definition) is 5. The molecule has 152 valence electrons. The smallest absolute Gasteiger partial charge is 0.217 e. The zero-order valence-electron chi connectivity index (χ0n) is 16.0. The first-order chi connectivity index (χ1) is 14.5. The molecule has 3 aromatic rings. The number of rotatable bonds is 3. The summed E-state index contributed by atoms with van der Waals surface area (Å²) in [7, 11) is 1.65. The molecule has 5 nitrogen and oxygen atoms in total. The van der Waals surface area contributed by atoms with Gasteiger partial charge >= 0.3 is 0 Å². The van der Waals surface area contributed by atoms with Crippen LogP contribution in [0.3, 0.4) is 0 Å². The van der Waals surface area contributed by atoms with Gasteiger partial charge in [0.05, 0.1) is 24.4 Å². The van der Waals surface area contributed by atoms with Gasteiger partial charge in [-0.3, -0.25) is 0 Å². The molecule has 0 radical (unpaired) electrons. The Labute approximate surface area is 187 Å². The molecule has 0 aromatic heterocycles. The number of methoxy groups -OCH3 is 1. The average molecular weight is 486 g/mol. The van der Waals surface area contributed by atoms with Crippen molar-refractivity contribution in [2.24, 2.45) is 5.10 Å². The molecule has 3 aromatic carbocycles. The molecule has 2 aliphatic rings. The van der Waals surface area contributed by atoms with Crippen LogP contribution in [0.2, 0.25) is 5.02 Å². The predicted molar refractivity (Wildman–Crippen MR) is 119 cm³/mol. The summed E-state index contributed by atoms with van der Waals surface area (Å²) < 4.78 is 12.4. The first kappa shape index (κ1) is 19.3. The van der Waals surface area contributed by atoms with Gasteiger partial charge in [0.15, 0.2) is 0 Å². The van der Waals surface area contributed by atoms with Crippen molar-refractivity contribution in [3.8, 4) is 17.2 Å². The third-order valence-corrected chi connectivity index (χ3v) is 6.16. The Bertz CT molecular complexity index is 1150. The molecule has 0 fully saturated rings. The molecule has 0 amide bonds. The van der Waals surface area contributed by atoms with E-state index in [0.717, 1.165) is 32.8 Å². The third kappa shape index (κ3) is 3.30. The molecule has 2 heterocycles. The van der Waals surface area contributed by atoms with E-state index in [9.17, 15) is 5.11 Å². The van der Waals surface area contributed by atoms with Crippen molar-refractivity contribution in [2.45, 2.75) is 18.7 Å². The van der Waals surface area contributed by atoms with Crippen LogP contribution in [0.1, 0.15) is 35.4 Å². The fourth-order valence-corrected chi connectivity index (χ4v) is 4.50. The number of hydrazone groups is 1. The first-order valence-corrected chi connectivity index (χ1v) is 10.7. The molecule has 7 heteroatoms. The average Bonchev–Trinajstić information content (AvgIpc) is 3.21. The fraction of sp³-hybridized carbons (Fsp3) is 0.174. The van der Waals surface area contributed by atoms with Gasteiger partial charge in [0, 0.05) is 21.5 Å². The number of benzene rings is 3. The van der Waals surface area contributed by atoms with Crippen LogP contribution < -0.4 is 9.47 Å². The van der Waals surface area contributed by atoms with Crippen molar-refractivity contribution >= 4 is 33.2 Å². The molecule has 0 spiro atoms. The van der Waals surface area contributed by atoms with E-state index in [1.807, 2.05) is 53.5 Å². The van der Waals surface area contributed by atoms with Crippen LogP contribution in [0.5, 0.6) is 17.2 Å². The van der Waals surface area contributed by atoms with Gasteiger partial charge in [0.25, 0.3) is 0 Å². The molecule has 0 bridgehead atoms. The van der Waals surface area contributed by atoms with E-state index in [1.165, 1.54) is 0 Å². The van der Waals surface area contributed by atoms with Crippen molar-refractivity contribution in [2.75, 3.05) is 7.11 Å². The van der Waals surface area contributed by atoms with E-state index >= 15 is 0 Å². The van der Waals surface area contributed by atoms with Gasteiger partial charge < -0.3 is 14.6 Å². The molecule has 0 aliphatic carbocycles. The van der Waals surface area contributed by atoms with Gasteiger partial charge in [0.1, 0.15) is 17.2 Å². The number of aromatic hydroxyl groups is 1. The van der Waals surface area contributed by atoms with Crippen molar-refractivity contribution in [1.29, 1.82) is 0 Å². The zero-order valence-corrected chi connectivity index (χ0v) is 18.4. The monoisotopic (exact) mass is 484 g/mol. The second-order valence-corrected chi connectivity index (χ2v) is 8.58. The van der Waals surface area contributed by atoms with Gasteiger partial charge in [-0.15, -0.1) is 0 Å².